The fraction of sp³-hybridized carbons (Fsp3) is 0.364. The third-order valence-corrected chi connectivity index (χ3v) is 5.10. The highest BCUT2D eigenvalue weighted by Crippen LogP contribution is 2.18. The first-order valence-electron chi connectivity index (χ1n) is 9.82. The van der Waals surface area contributed by atoms with Gasteiger partial charge in [0.1, 0.15) is 0 Å². The summed E-state index contributed by atoms with van der Waals surface area (Å²) >= 11 is 0. The van der Waals surface area contributed by atoms with Crippen molar-refractivity contribution in [1.82, 2.24) is 24.5 Å². The maximum Gasteiger partial charge on any atom is 0.279 e. The highest BCUT2D eigenvalue weighted by molar-refractivity contribution is 5.79. The summed E-state index contributed by atoms with van der Waals surface area (Å²) in [6.07, 6.45) is 2.57. The number of nitrogens with zero attached hydrogens (tertiary/aromatic N) is 4. The average Bonchev–Trinajstić information content (AvgIpc) is 3.14. The van der Waals surface area contributed by atoms with Crippen LogP contribution in [0.5, 0.6) is 0 Å². The topological polar surface area (TPSA) is 81.3 Å². The minimum atomic E-state index is -0.317. The predicted octanol–water partition coefficient (Wildman–Crippen LogP) is 2.82. The van der Waals surface area contributed by atoms with Gasteiger partial charge in [0.2, 0.25) is 11.7 Å². The molecule has 0 saturated heterocycles. The van der Waals surface area contributed by atoms with Crippen LogP contribution in [0.3, 0.4) is 0 Å². The molecule has 1 aromatic carbocycles. The minimum absolute atomic E-state index is 0.00180. The van der Waals surface area contributed by atoms with Gasteiger partial charge in [-0.1, -0.05) is 42.8 Å². The van der Waals surface area contributed by atoms with Crippen molar-refractivity contribution in [2.45, 2.75) is 53.1 Å². The summed E-state index contributed by atoms with van der Waals surface area (Å²) in [5, 5.41) is 7.36. The Hall–Kier alpha value is -3.22. The number of carbonyl (C=O) groups is 1. The van der Waals surface area contributed by atoms with E-state index in [-0.39, 0.29) is 23.9 Å². The van der Waals surface area contributed by atoms with E-state index in [1.54, 1.807) is 6.08 Å². The molecule has 1 atom stereocenters. The lowest BCUT2D eigenvalue weighted by Gasteiger charge is -2.15. The molecule has 0 aliphatic carbocycles. The SMILES string of the molecule is C=CCn1c(C)c(CC(=O)N[C@@H](C)CC)c(=O)n2nc(-c3ccc(C)cc3)nc12. The minimum Gasteiger partial charge on any atom is -0.353 e. The Morgan fingerprint density at radius 3 is 2.59 bits per heavy atom. The van der Waals surface area contributed by atoms with Crippen molar-refractivity contribution >= 4 is 11.7 Å². The van der Waals surface area contributed by atoms with Gasteiger partial charge >= 0.3 is 0 Å². The molecule has 1 N–H and O–H groups in total. The quantitative estimate of drug-likeness (QED) is 0.626. The third-order valence-electron chi connectivity index (χ3n) is 5.10. The van der Waals surface area contributed by atoms with Gasteiger partial charge in [-0.15, -0.1) is 11.7 Å². The maximum absolute atomic E-state index is 13.1. The smallest absolute Gasteiger partial charge is 0.279 e. The van der Waals surface area contributed by atoms with Crippen LogP contribution in [-0.2, 0) is 17.8 Å². The fourth-order valence-corrected chi connectivity index (χ4v) is 3.17. The molecule has 0 unspecified atom stereocenters. The molecular weight excluding hydrogens is 366 g/mol. The van der Waals surface area contributed by atoms with Crippen molar-refractivity contribution in [3.8, 4) is 11.4 Å². The molecule has 1 amide bonds. The molecular formula is C22H27N5O2. The van der Waals surface area contributed by atoms with E-state index < -0.39 is 0 Å². The van der Waals surface area contributed by atoms with Gasteiger partial charge in [0.05, 0.1) is 6.42 Å². The van der Waals surface area contributed by atoms with Gasteiger partial charge in [-0.3, -0.25) is 9.59 Å². The summed E-state index contributed by atoms with van der Waals surface area (Å²) < 4.78 is 3.16. The zero-order chi connectivity index (χ0) is 21.1. The highest BCUT2D eigenvalue weighted by Gasteiger charge is 2.20. The van der Waals surface area contributed by atoms with E-state index in [0.29, 0.717) is 29.4 Å². The predicted molar refractivity (Wildman–Crippen MR) is 114 cm³/mol. The van der Waals surface area contributed by atoms with E-state index >= 15 is 0 Å². The Kier molecular flexibility index (Phi) is 5.96. The largest absolute Gasteiger partial charge is 0.353 e. The van der Waals surface area contributed by atoms with Gasteiger partial charge in [0, 0.05) is 29.4 Å². The van der Waals surface area contributed by atoms with Gasteiger partial charge in [0.15, 0.2) is 5.82 Å². The molecule has 0 bridgehead atoms. The van der Waals surface area contributed by atoms with E-state index in [1.807, 2.05) is 56.5 Å². The van der Waals surface area contributed by atoms with Crippen molar-refractivity contribution in [2.24, 2.45) is 0 Å². The number of nitrogens with one attached hydrogen (secondary N) is 1. The van der Waals surface area contributed by atoms with Crippen molar-refractivity contribution < 1.29 is 4.79 Å². The lowest BCUT2D eigenvalue weighted by Crippen LogP contribution is -2.36. The Morgan fingerprint density at radius 2 is 1.97 bits per heavy atom. The van der Waals surface area contributed by atoms with Crippen LogP contribution >= 0.6 is 0 Å². The number of benzene rings is 1. The molecule has 0 aliphatic heterocycles. The first kappa shape index (κ1) is 20.5. The molecule has 7 nitrogen and oxygen atoms in total. The Morgan fingerprint density at radius 1 is 1.28 bits per heavy atom. The normalized spacial score (nSPS) is 12.1. The monoisotopic (exact) mass is 393 g/mol. The van der Waals surface area contributed by atoms with Crippen molar-refractivity contribution in [2.75, 3.05) is 0 Å². The molecule has 152 valence electrons. The van der Waals surface area contributed by atoms with Crippen LogP contribution in [0.2, 0.25) is 0 Å². The first-order valence-corrected chi connectivity index (χ1v) is 9.82. The summed E-state index contributed by atoms with van der Waals surface area (Å²) in [6.45, 7) is 12.0. The number of carbonyl (C=O) groups excluding carboxylic acids is 1. The van der Waals surface area contributed by atoms with Crippen LogP contribution < -0.4 is 10.9 Å². The van der Waals surface area contributed by atoms with Crippen LogP contribution in [0.25, 0.3) is 17.2 Å². The van der Waals surface area contributed by atoms with Gasteiger partial charge in [0.25, 0.3) is 5.56 Å². The summed E-state index contributed by atoms with van der Waals surface area (Å²) in [5.74, 6) is 0.734. The van der Waals surface area contributed by atoms with Crippen LogP contribution in [0.15, 0.2) is 41.7 Å². The number of aryl methyl sites for hydroxylation is 1. The van der Waals surface area contributed by atoms with Crippen LogP contribution in [-0.4, -0.2) is 31.1 Å². The molecule has 2 heterocycles. The summed E-state index contributed by atoms with van der Waals surface area (Å²) in [7, 11) is 0. The van der Waals surface area contributed by atoms with Crippen molar-refractivity contribution in [1.29, 1.82) is 0 Å². The molecule has 3 rings (SSSR count). The zero-order valence-electron chi connectivity index (χ0n) is 17.4. The molecule has 0 saturated carbocycles. The summed E-state index contributed by atoms with van der Waals surface area (Å²) in [4.78, 5) is 30.2. The molecule has 0 aliphatic rings. The van der Waals surface area contributed by atoms with Crippen molar-refractivity contribution in [3.05, 3.63) is 64.1 Å². The second-order valence-corrected chi connectivity index (χ2v) is 7.34. The summed E-state index contributed by atoms with van der Waals surface area (Å²) in [5.41, 5.74) is 2.76. The van der Waals surface area contributed by atoms with Crippen LogP contribution in [0.4, 0.5) is 0 Å². The Bertz CT molecular complexity index is 1110. The molecule has 0 fully saturated rings. The van der Waals surface area contributed by atoms with E-state index in [4.69, 9.17) is 0 Å². The second-order valence-electron chi connectivity index (χ2n) is 7.34. The van der Waals surface area contributed by atoms with E-state index in [9.17, 15) is 9.59 Å². The molecule has 0 radical (unpaired) electrons. The van der Waals surface area contributed by atoms with Crippen molar-refractivity contribution in [3.63, 3.8) is 0 Å². The van der Waals surface area contributed by atoms with Gasteiger partial charge in [-0.25, -0.2) is 0 Å². The maximum atomic E-state index is 13.1. The van der Waals surface area contributed by atoms with E-state index in [1.165, 1.54) is 4.52 Å². The van der Waals surface area contributed by atoms with E-state index in [0.717, 1.165) is 17.5 Å². The Balaban J connectivity index is 2.13. The average molecular weight is 393 g/mol. The highest BCUT2D eigenvalue weighted by atomic mass is 16.2. The first-order chi connectivity index (χ1) is 13.8. The number of amides is 1. The Labute approximate surface area is 170 Å². The van der Waals surface area contributed by atoms with Gasteiger partial charge in [-0.05, 0) is 27.2 Å². The molecule has 2 aromatic heterocycles. The van der Waals surface area contributed by atoms with E-state index in [2.05, 4.69) is 22.0 Å². The zero-order valence-corrected chi connectivity index (χ0v) is 17.4. The second kappa shape index (κ2) is 8.43. The molecule has 7 heteroatoms. The lowest BCUT2D eigenvalue weighted by atomic mass is 10.1. The lowest BCUT2D eigenvalue weighted by molar-refractivity contribution is -0.121. The number of allylic oxidation sites excluding steroid dienone is 1. The van der Waals surface area contributed by atoms with Gasteiger partial charge in [-0.2, -0.15) is 9.50 Å². The third kappa shape index (κ3) is 4.13. The molecule has 0 spiro atoms. The number of hydrogen-bond acceptors (Lipinski definition) is 4. The molecule has 3 aromatic rings. The number of fused-ring (bicyclic) bond motifs is 1. The van der Waals surface area contributed by atoms with Crippen LogP contribution in [0, 0.1) is 13.8 Å². The summed E-state index contributed by atoms with van der Waals surface area (Å²) in [6, 6.07) is 7.88. The standard InChI is InChI=1S/C22H27N5O2/c1-6-12-26-16(5)18(13-19(28)23-15(4)7-2)21(29)27-22(26)24-20(25-27)17-10-8-14(3)9-11-17/h6,8-11,15H,1,7,12-13H2,2-5H3,(H,23,28)/t15-/m0/s1. The number of hydrogen-bond donors (Lipinski definition) is 1. The van der Waals surface area contributed by atoms with Gasteiger partial charge < -0.3 is 9.88 Å². The molecule has 29 heavy (non-hydrogen) atoms. The fourth-order valence-electron chi connectivity index (χ4n) is 3.17. The van der Waals surface area contributed by atoms with Crippen LogP contribution in [0.1, 0.15) is 37.1 Å². The number of rotatable bonds is 7. The number of aromatic nitrogens is 4.